The van der Waals surface area contributed by atoms with Crippen LogP contribution in [-0.4, -0.2) is 50.1 Å². The van der Waals surface area contributed by atoms with E-state index in [1.54, 1.807) is 30.7 Å². The van der Waals surface area contributed by atoms with Gasteiger partial charge in [-0.3, -0.25) is 4.79 Å². The molecule has 28 heavy (non-hydrogen) atoms. The third kappa shape index (κ3) is 4.17. The summed E-state index contributed by atoms with van der Waals surface area (Å²) in [5.74, 6) is 1.85. The first-order valence-corrected chi connectivity index (χ1v) is 9.32. The van der Waals surface area contributed by atoms with Crippen LogP contribution in [0.15, 0.2) is 48.9 Å². The molecular formula is C20H22N6O2. The van der Waals surface area contributed by atoms with E-state index in [4.69, 9.17) is 0 Å². The average molecular weight is 378 g/mol. The minimum atomic E-state index is -0.326. The topological polar surface area (TPSA) is 107 Å². The molecule has 1 aliphatic heterocycles. The number of benzene rings is 1. The number of piperidine rings is 1. The molecule has 3 heterocycles. The second-order valence-corrected chi connectivity index (χ2v) is 6.78. The van der Waals surface area contributed by atoms with E-state index in [-0.39, 0.29) is 12.0 Å². The highest BCUT2D eigenvalue weighted by atomic mass is 16.3. The van der Waals surface area contributed by atoms with Crippen LogP contribution >= 0.6 is 0 Å². The van der Waals surface area contributed by atoms with E-state index in [2.05, 4.69) is 30.2 Å². The molecule has 1 aliphatic rings. The second-order valence-electron chi connectivity index (χ2n) is 6.78. The van der Waals surface area contributed by atoms with Gasteiger partial charge in [0.2, 0.25) is 0 Å². The maximum atomic E-state index is 12.4. The van der Waals surface area contributed by atoms with Crippen LogP contribution in [-0.2, 0) is 6.54 Å². The third-order valence-corrected chi connectivity index (χ3v) is 4.72. The Morgan fingerprint density at radius 1 is 1.29 bits per heavy atom. The highest BCUT2D eigenvalue weighted by Gasteiger charge is 2.19. The number of aromatic amines is 1. The summed E-state index contributed by atoms with van der Waals surface area (Å²) in [5, 5.41) is 12.7. The van der Waals surface area contributed by atoms with Crippen LogP contribution in [0, 0.1) is 0 Å². The van der Waals surface area contributed by atoms with Crippen molar-refractivity contribution in [2.75, 3.05) is 18.0 Å². The molecule has 8 nitrogen and oxygen atoms in total. The van der Waals surface area contributed by atoms with E-state index in [1.165, 1.54) is 0 Å². The zero-order valence-corrected chi connectivity index (χ0v) is 15.4. The molecule has 1 saturated heterocycles. The van der Waals surface area contributed by atoms with Crippen LogP contribution in [0.3, 0.4) is 0 Å². The van der Waals surface area contributed by atoms with Crippen molar-refractivity contribution in [3.8, 4) is 11.4 Å². The molecule has 3 N–H and O–H groups in total. The average Bonchev–Trinajstić information content (AvgIpc) is 3.26. The number of imidazole rings is 1. The summed E-state index contributed by atoms with van der Waals surface area (Å²) in [6, 6.07) is 9.08. The first-order chi connectivity index (χ1) is 13.7. The van der Waals surface area contributed by atoms with Crippen LogP contribution in [0.25, 0.3) is 11.4 Å². The smallest absolute Gasteiger partial charge is 0.251 e. The van der Waals surface area contributed by atoms with Crippen molar-refractivity contribution < 1.29 is 9.90 Å². The van der Waals surface area contributed by atoms with Gasteiger partial charge in [0.1, 0.15) is 11.6 Å². The number of anilines is 1. The standard InChI is InChI=1S/C20H22N6O2/c27-16-5-2-10-26(13-16)18-6-7-23-19(25-18)14-3-1-4-15(11-14)20(28)24-12-17-21-8-9-22-17/h1,3-4,6-9,11,16,27H,2,5,10,12-13H2,(H,21,22)(H,24,28)/t16-/m0/s1. The lowest BCUT2D eigenvalue weighted by Crippen LogP contribution is -2.38. The fraction of sp³-hybridized carbons (Fsp3) is 0.300. The number of H-pyrrole nitrogens is 1. The molecule has 3 aromatic rings. The van der Waals surface area contributed by atoms with Crippen molar-refractivity contribution in [1.82, 2.24) is 25.3 Å². The highest BCUT2D eigenvalue weighted by molar-refractivity contribution is 5.95. The molecule has 0 saturated carbocycles. The van der Waals surface area contributed by atoms with E-state index in [0.717, 1.165) is 30.8 Å². The number of β-amino-alcohol motifs (C(OH)–C–C–N with tert-alkyl or cyclic N) is 1. The Kier molecular flexibility index (Phi) is 5.29. The minimum Gasteiger partial charge on any atom is -0.391 e. The van der Waals surface area contributed by atoms with Crippen molar-refractivity contribution >= 4 is 11.7 Å². The lowest BCUT2D eigenvalue weighted by Gasteiger charge is -2.31. The van der Waals surface area contributed by atoms with Gasteiger partial charge in [0.05, 0.1) is 12.6 Å². The van der Waals surface area contributed by atoms with Gasteiger partial charge >= 0.3 is 0 Å². The van der Waals surface area contributed by atoms with Crippen molar-refractivity contribution in [2.24, 2.45) is 0 Å². The number of aliphatic hydroxyl groups excluding tert-OH is 1. The summed E-state index contributed by atoms with van der Waals surface area (Å²) in [6.07, 6.45) is 6.51. The van der Waals surface area contributed by atoms with Gasteiger partial charge in [0.25, 0.3) is 5.91 Å². The molecular weight excluding hydrogens is 356 g/mol. The number of rotatable bonds is 5. The summed E-state index contributed by atoms with van der Waals surface area (Å²) >= 11 is 0. The second kappa shape index (κ2) is 8.18. The Bertz CT molecular complexity index is 943. The Labute approximate surface area is 162 Å². The van der Waals surface area contributed by atoms with E-state index in [1.807, 2.05) is 18.2 Å². The van der Waals surface area contributed by atoms with E-state index in [9.17, 15) is 9.90 Å². The normalized spacial score (nSPS) is 16.8. The molecule has 2 aromatic heterocycles. The van der Waals surface area contributed by atoms with Crippen LogP contribution < -0.4 is 10.2 Å². The van der Waals surface area contributed by atoms with Crippen molar-refractivity contribution in [1.29, 1.82) is 0 Å². The van der Waals surface area contributed by atoms with Gasteiger partial charge in [-0.1, -0.05) is 12.1 Å². The fourth-order valence-corrected chi connectivity index (χ4v) is 3.29. The number of carbonyl (C=O) groups excluding carboxylic acids is 1. The zero-order valence-electron chi connectivity index (χ0n) is 15.4. The van der Waals surface area contributed by atoms with E-state index >= 15 is 0 Å². The molecule has 0 bridgehead atoms. The molecule has 144 valence electrons. The fourth-order valence-electron chi connectivity index (χ4n) is 3.29. The predicted octanol–water partition coefficient (Wildman–Crippen LogP) is 1.76. The molecule has 1 atom stereocenters. The molecule has 8 heteroatoms. The minimum absolute atomic E-state index is 0.187. The maximum absolute atomic E-state index is 12.4. The van der Waals surface area contributed by atoms with Crippen molar-refractivity contribution in [3.05, 3.63) is 60.3 Å². The first kappa shape index (κ1) is 18.1. The number of aromatic nitrogens is 4. The first-order valence-electron chi connectivity index (χ1n) is 9.32. The lowest BCUT2D eigenvalue weighted by atomic mass is 10.1. The van der Waals surface area contributed by atoms with Crippen LogP contribution in [0.1, 0.15) is 29.0 Å². The molecule has 1 fully saturated rings. The highest BCUT2D eigenvalue weighted by Crippen LogP contribution is 2.22. The summed E-state index contributed by atoms with van der Waals surface area (Å²) in [5.41, 5.74) is 1.30. The molecule has 4 rings (SSSR count). The van der Waals surface area contributed by atoms with Gasteiger partial charge < -0.3 is 20.3 Å². The SMILES string of the molecule is O=C(NCc1ncc[nH]1)c1cccc(-c2nccc(N3CCC[C@H](O)C3)n2)c1. The van der Waals surface area contributed by atoms with Crippen molar-refractivity contribution in [3.63, 3.8) is 0 Å². The van der Waals surface area contributed by atoms with Crippen LogP contribution in [0.5, 0.6) is 0 Å². The summed E-state index contributed by atoms with van der Waals surface area (Å²) in [6.45, 7) is 1.77. The lowest BCUT2D eigenvalue weighted by molar-refractivity contribution is 0.0950. The number of hydrogen-bond donors (Lipinski definition) is 3. The van der Waals surface area contributed by atoms with Crippen LogP contribution in [0.2, 0.25) is 0 Å². The van der Waals surface area contributed by atoms with Gasteiger partial charge in [-0.2, -0.15) is 0 Å². The number of aliphatic hydroxyl groups is 1. The Morgan fingerprint density at radius 3 is 3.04 bits per heavy atom. The maximum Gasteiger partial charge on any atom is 0.251 e. The van der Waals surface area contributed by atoms with Gasteiger partial charge in [-0.05, 0) is 31.0 Å². The van der Waals surface area contributed by atoms with Gasteiger partial charge in [0, 0.05) is 42.8 Å². The Hall–Kier alpha value is -3.26. The third-order valence-electron chi connectivity index (χ3n) is 4.72. The van der Waals surface area contributed by atoms with E-state index < -0.39 is 0 Å². The quantitative estimate of drug-likeness (QED) is 0.624. The van der Waals surface area contributed by atoms with Gasteiger partial charge in [-0.25, -0.2) is 15.0 Å². The number of carbonyl (C=O) groups is 1. The molecule has 0 radical (unpaired) electrons. The monoisotopic (exact) mass is 378 g/mol. The molecule has 0 spiro atoms. The largest absolute Gasteiger partial charge is 0.391 e. The molecule has 0 aliphatic carbocycles. The van der Waals surface area contributed by atoms with E-state index in [0.29, 0.717) is 30.3 Å². The number of nitrogens with one attached hydrogen (secondary N) is 2. The summed E-state index contributed by atoms with van der Waals surface area (Å²) in [7, 11) is 0. The summed E-state index contributed by atoms with van der Waals surface area (Å²) < 4.78 is 0. The van der Waals surface area contributed by atoms with Gasteiger partial charge in [0.15, 0.2) is 5.82 Å². The Morgan fingerprint density at radius 2 is 2.21 bits per heavy atom. The molecule has 1 aromatic carbocycles. The predicted molar refractivity (Wildman–Crippen MR) is 105 cm³/mol. The number of amides is 1. The number of nitrogens with zero attached hydrogens (tertiary/aromatic N) is 4. The van der Waals surface area contributed by atoms with Crippen LogP contribution in [0.4, 0.5) is 5.82 Å². The zero-order chi connectivity index (χ0) is 19.3. The number of hydrogen-bond acceptors (Lipinski definition) is 6. The molecule has 1 amide bonds. The van der Waals surface area contributed by atoms with Gasteiger partial charge in [-0.15, -0.1) is 0 Å². The Balaban J connectivity index is 1.51. The summed E-state index contributed by atoms with van der Waals surface area (Å²) in [4.78, 5) is 30.6. The molecule has 0 unspecified atom stereocenters. The van der Waals surface area contributed by atoms with Crippen molar-refractivity contribution in [2.45, 2.75) is 25.5 Å².